The van der Waals surface area contributed by atoms with Gasteiger partial charge >= 0.3 is 0 Å². The SMILES string of the molecule is Cc1c(N)cnn1C(=O)CC1COC1. The first-order chi connectivity index (χ1) is 6.68. The van der Waals surface area contributed by atoms with Crippen LogP contribution in [0.3, 0.4) is 0 Å². The second kappa shape index (κ2) is 3.42. The quantitative estimate of drug-likeness (QED) is 0.743. The van der Waals surface area contributed by atoms with Gasteiger partial charge in [0.15, 0.2) is 0 Å². The third kappa shape index (κ3) is 1.50. The fourth-order valence-electron chi connectivity index (χ4n) is 1.41. The van der Waals surface area contributed by atoms with E-state index >= 15 is 0 Å². The molecule has 0 atom stereocenters. The monoisotopic (exact) mass is 195 g/mol. The first kappa shape index (κ1) is 9.21. The zero-order valence-electron chi connectivity index (χ0n) is 8.06. The molecule has 2 N–H and O–H groups in total. The molecule has 1 fully saturated rings. The van der Waals surface area contributed by atoms with Crippen LogP contribution in [-0.2, 0) is 4.74 Å². The van der Waals surface area contributed by atoms with Crippen LogP contribution in [0.15, 0.2) is 6.20 Å². The van der Waals surface area contributed by atoms with Crippen molar-refractivity contribution in [1.29, 1.82) is 0 Å². The minimum absolute atomic E-state index is 0.00694. The molecule has 1 aromatic rings. The molecule has 0 saturated carbocycles. The number of ether oxygens (including phenoxy) is 1. The average Bonchev–Trinajstić information content (AvgIpc) is 2.41. The van der Waals surface area contributed by atoms with Gasteiger partial charge in [-0.2, -0.15) is 5.10 Å². The van der Waals surface area contributed by atoms with Crippen LogP contribution < -0.4 is 5.73 Å². The van der Waals surface area contributed by atoms with E-state index in [1.54, 1.807) is 6.92 Å². The maximum Gasteiger partial charge on any atom is 0.247 e. The van der Waals surface area contributed by atoms with Gasteiger partial charge in [0.25, 0.3) is 0 Å². The maximum absolute atomic E-state index is 11.7. The van der Waals surface area contributed by atoms with Gasteiger partial charge in [-0.1, -0.05) is 0 Å². The molecule has 0 bridgehead atoms. The lowest BCUT2D eigenvalue weighted by Gasteiger charge is -2.24. The number of nitrogen functional groups attached to an aromatic ring is 1. The zero-order valence-corrected chi connectivity index (χ0v) is 8.06. The summed E-state index contributed by atoms with van der Waals surface area (Å²) >= 11 is 0. The van der Waals surface area contributed by atoms with Crippen molar-refractivity contribution >= 4 is 11.6 Å². The second-order valence-corrected chi connectivity index (χ2v) is 3.60. The van der Waals surface area contributed by atoms with Crippen molar-refractivity contribution in [3.63, 3.8) is 0 Å². The largest absolute Gasteiger partial charge is 0.396 e. The van der Waals surface area contributed by atoms with Gasteiger partial charge in [-0.15, -0.1) is 0 Å². The van der Waals surface area contributed by atoms with Gasteiger partial charge < -0.3 is 10.5 Å². The van der Waals surface area contributed by atoms with Crippen molar-refractivity contribution in [3.8, 4) is 0 Å². The van der Waals surface area contributed by atoms with E-state index < -0.39 is 0 Å². The van der Waals surface area contributed by atoms with Crippen LogP contribution in [0.5, 0.6) is 0 Å². The highest BCUT2D eigenvalue weighted by atomic mass is 16.5. The number of hydrogen-bond donors (Lipinski definition) is 1. The van der Waals surface area contributed by atoms with Gasteiger partial charge in [0, 0.05) is 12.3 Å². The summed E-state index contributed by atoms with van der Waals surface area (Å²) in [5, 5.41) is 3.93. The highest BCUT2D eigenvalue weighted by Gasteiger charge is 2.23. The normalized spacial score (nSPS) is 16.6. The predicted octanol–water partition coefficient (Wildman–Crippen LogP) is 0.450. The molecule has 0 spiro atoms. The standard InChI is InChI=1S/C9H13N3O2/c1-6-8(10)3-11-12(6)9(13)2-7-4-14-5-7/h3,7H,2,4-5,10H2,1H3. The van der Waals surface area contributed by atoms with Crippen LogP contribution in [-0.4, -0.2) is 28.9 Å². The van der Waals surface area contributed by atoms with E-state index in [1.165, 1.54) is 10.9 Å². The van der Waals surface area contributed by atoms with Gasteiger partial charge in [-0.3, -0.25) is 4.79 Å². The molecule has 0 radical (unpaired) electrons. The predicted molar refractivity (Wildman–Crippen MR) is 50.9 cm³/mol. The van der Waals surface area contributed by atoms with E-state index in [-0.39, 0.29) is 5.91 Å². The van der Waals surface area contributed by atoms with Crippen molar-refractivity contribution in [3.05, 3.63) is 11.9 Å². The fraction of sp³-hybridized carbons (Fsp3) is 0.556. The van der Waals surface area contributed by atoms with Gasteiger partial charge in [0.2, 0.25) is 5.91 Å². The van der Waals surface area contributed by atoms with Crippen LogP contribution in [0.25, 0.3) is 0 Å². The van der Waals surface area contributed by atoms with E-state index in [1.807, 2.05) is 0 Å². The number of aromatic nitrogens is 2. The summed E-state index contributed by atoms with van der Waals surface area (Å²) in [4.78, 5) is 11.7. The molecule has 2 heterocycles. The summed E-state index contributed by atoms with van der Waals surface area (Å²) in [6.45, 7) is 3.15. The maximum atomic E-state index is 11.7. The van der Waals surface area contributed by atoms with Crippen molar-refractivity contribution in [1.82, 2.24) is 9.78 Å². The lowest BCUT2D eigenvalue weighted by Crippen LogP contribution is -2.31. The number of anilines is 1. The molecule has 1 aromatic heterocycles. The number of rotatable bonds is 2. The van der Waals surface area contributed by atoms with Crippen LogP contribution in [0.4, 0.5) is 5.69 Å². The van der Waals surface area contributed by atoms with Crippen LogP contribution in [0.1, 0.15) is 16.9 Å². The molecule has 5 nitrogen and oxygen atoms in total. The van der Waals surface area contributed by atoms with Gasteiger partial charge in [0.05, 0.1) is 30.8 Å². The lowest BCUT2D eigenvalue weighted by molar-refractivity contribution is -0.0334. The Morgan fingerprint density at radius 3 is 2.93 bits per heavy atom. The van der Waals surface area contributed by atoms with Gasteiger partial charge in [-0.05, 0) is 6.92 Å². The number of nitrogens with two attached hydrogens (primary N) is 1. The molecule has 0 aromatic carbocycles. The molecule has 0 unspecified atom stereocenters. The summed E-state index contributed by atoms with van der Waals surface area (Å²) in [6.07, 6.45) is 1.99. The van der Waals surface area contributed by atoms with Crippen molar-refractivity contribution in [2.45, 2.75) is 13.3 Å². The molecule has 1 saturated heterocycles. The van der Waals surface area contributed by atoms with E-state index in [0.29, 0.717) is 31.2 Å². The van der Waals surface area contributed by atoms with E-state index in [9.17, 15) is 4.79 Å². The average molecular weight is 195 g/mol. The Morgan fingerprint density at radius 2 is 2.50 bits per heavy atom. The zero-order chi connectivity index (χ0) is 10.1. The second-order valence-electron chi connectivity index (χ2n) is 3.60. The summed E-state index contributed by atoms with van der Waals surface area (Å²) in [5.74, 6) is 0.347. The number of carbonyl (C=O) groups excluding carboxylic acids is 1. The summed E-state index contributed by atoms with van der Waals surface area (Å²) in [7, 11) is 0. The molecule has 14 heavy (non-hydrogen) atoms. The first-order valence-corrected chi connectivity index (χ1v) is 4.59. The van der Waals surface area contributed by atoms with Crippen LogP contribution >= 0.6 is 0 Å². The summed E-state index contributed by atoms with van der Waals surface area (Å²) in [6, 6.07) is 0. The fourth-order valence-corrected chi connectivity index (χ4v) is 1.41. The van der Waals surface area contributed by atoms with Gasteiger partial charge in [0.1, 0.15) is 0 Å². The van der Waals surface area contributed by atoms with Crippen molar-refractivity contribution in [2.24, 2.45) is 5.92 Å². The van der Waals surface area contributed by atoms with Crippen LogP contribution in [0, 0.1) is 12.8 Å². The van der Waals surface area contributed by atoms with E-state index in [2.05, 4.69) is 5.10 Å². The molecular formula is C9H13N3O2. The Hall–Kier alpha value is -1.36. The number of hydrogen-bond acceptors (Lipinski definition) is 4. The van der Waals surface area contributed by atoms with E-state index in [4.69, 9.17) is 10.5 Å². The Kier molecular flexibility index (Phi) is 2.25. The Balaban J connectivity index is 2.06. The topological polar surface area (TPSA) is 70.1 Å². The highest BCUT2D eigenvalue weighted by Crippen LogP contribution is 2.17. The minimum atomic E-state index is -0.00694. The number of nitrogens with zero attached hydrogens (tertiary/aromatic N) is 2. The van der Waals surface area contributed by atoms with E-state index in [0.717, 1.165) is 5.69 Å². The third-order valence-corrected chi connectivity index (χ3v) is 2.45. The third-order valence-electron chi connectivity index (χ3n) is 2.45. The lowest BCUT2D eigenvalue weighted by atomic mass is 10.0. The van der Waals surface area contributed by atoms with Gasteiger partial charge in [-0.25, -0.2) is 4.68 Å². The molecule has 5 heteroatoms. The van der Waals surface area contributed by atoms with Crippen LogP contribution in [0.2, 0.25) is 0 Å². The number of carbonyl (C=O) groups is 1. The molecule has 1 aliphatic rings. The minimum Gasteiger partial charge on any atom is -0.396 e. The van der Waals surface area contributed by atoms with Crippen molar-refractivity contribution in [2.75, 3.05) is 18.9 Å². The molecule has 76 valence electrons. The molecule has 0 amide bonds. The summed E-state index contributed by atoms with van der Waals surface area (Å²) in [5.41, 5.74) is 6.87. The molecular weight excluding hydrogens is 182 g/mol. The Labute approximate surface area is 81.8 Å². The molecule has 2 rings (SSSR count). The Bertz CT molecular complexity index is 355. The Morgan fingerprint density at radius 1 is 1.79 bits per heavy atom. The summed E-state index contributed by atoms with van der Waals surface area (Å²) < 4.78 is 6.37. The molecule has 1 aliphatic heterocycles. The smallest absolute Gasteiger partial charge is 0.247 e. The first-order valence-electron chi connectivity index (χ1n) is 4.59. The highest BCUT2D eigenvalue weighted by molar-refractivity contribution is 5.80. The van der Waals surface area contributed by atoms with Crippen molar-refractivity contribution < 1.29 is 9.53 Å². The molecule has 0 aliphatic carbocycles.